The minimum Gasteiger partial charge on any atom is -0.206 e. The molecular formula is C20H15F. The van der Waals surface area contributed by atoms with Crippen molar-refractivity contribution in [3.8, 4) is 0 Å². The first-order valence-corrected chi connectivity index (χ1v) is 6.91. The molecule has 0 N–H and O–H groups in total. The van der Waals surface area contributed by atoms with Crippen molar-refractivity contribution in [2.24, 2.45) is 0 Å². The molecule has 0 radical (unpaired) electrons. The summed E-state index contributed by atoms with van der Waals surface area (Å²) in [7, 11) is 0. The van der Waals surface area contributed by atoms with Crippen molar-refractivity contribution < 1.29 is 4.39 Å². The second kappa shape index (κ2) is 6.19. The summed E-state index contributed by atoms with van der Waals surface area (Å²) in [5.41, 5.74) is 1.66. The summed E-state index contributed by atoms with van der Waals surface area (Å²) in [5.74, 6) is -0.229. The van der Waals surface area contributed by atoms with Crippen molar-refractivity contribution in [1.29, 1.82) is 0 Å². The van der Waals surface area contributed by atoms with Gasteiger partial charge >= 0.3 is 0 Å². The second-order valence-corrected chi connectivity index (χ2v) is 4.85. The summed E-state index contributed by atoms with van der Waals surface area (Å²) < 4.78 is 14.2. The molecule has 1 heteroatoms. The first kappa shape index (κ1) is 13.3. The van der Waals surface area contributed by atoms with Crippen molar-refractivity contribution in [3.63, 3.8) is 0 Å². The van der Waals surface area contributed by atoms with Crippen molar-refractivity contribution in [3.05, 3.63) is 96.1 Å². The molecule has 0 heterocycles. The number of hydrogen-bond donors (Lipinski definition) is 0. The van der Waals surface area contributed by atoms with Crippen LogP contribution in [-0.4, -0.2) is 0 Å². The van der Waals surface area contributed by atoms with Crippen LogP contribution >= 0.6 is 0 Å². The van der Waals surface area contributed by atoms with Gasteiger partial charge in [0.25, 0.3) is 0 Å². The lowest BCUT2D eigenvalue weighted by atomic mass is 10.1. The molecular weight excluding hydrogens is 259 g/mol. The van der Waals surface area contributed by atoms with Gasteiger partial charge in [-0.3, -0.25) is 0 Å². The van der Waals surface area contributed by atoms with Gasteiger partial charge < -0.3 is 0 Å². The van der Waals surface area contributed by atoms with Crippen LogP contribution in [0.4, 0.5) is 4.39 Å². The molecule has 3 rings (SSSR count). The van der Waals surface area contributed by atoms with Gasteiger partial charge in [0.2, 0.25) is 0 Å². The predicted octanol–water partition coefficient (Wildman–Crippen LogP) is 5.86. The Morgan fingerprint density at radius 2 is 1.48 bits per heavy atom. The van der Waals surface area contributed by atoms with E-state index >= 15 is 0 Å². The lowest BCUT2D eigenvalue weighted by Crippen LogP contribution is -1.79. The highest BCUT2D eigenvalue weighted by Crippen LogP contribution is 2.22. The van der Waals surface area contributed by atoms with E-state index in [0.717, 1.165) is 16.3 Å². The summed E-state index contributed by atoms with van der Waals surface area (Å²) in [4.78, 5) is 0. The Labute approximate surface area is 123 Å². The zero-order valence-corrected chi connectivity index (χ0v) is 11.5. The molecule has 0 atom stereocenters. The molecule has 0 amide bonds. The van der Waals surface area contributed by atoms with Gasteiger partial charge in [-0.05, 0) is 28.5 Å². The van der Waals surface area contributed by atoms with Crippen LogP contribution < -0.4 is 0 Å². The van der Waals surface area contributed by atoms with E-state index in [9.17, 15) is 4.39 Å². The van der Waals surface area contributed by atoms with Crippen LogP contribution in [0.5, 0.6) is 0 Å². The number of allylic oxidation sites excluding steroid dienone is 2. The molecule has 0 saturated carbocycles. The molecule has 0 saturated heterocycles. The summed E-state index contributed by atoms with van der Waals surface area (Å²) in [6.07, 6.45) is 5.12. The number of benzene rings is 3. The van der Waals surface area contributed by atoms with Gasteiger partial charge in [-0.2, -0.15) is 0 Å². The lowest BCUT2D eigenvalue weighted by Gasteiger charge is -2.01. The van der Waals surface area contributed by atoms with Crippen molar-refractivity contribution in [1.82, 2.24) is 0 Å². The maximum absolute atomic E-state index is 14.2. The van der Waals surface area contributed by atoms with E-state index in [4.69, 9.17) is 0 Å². The van der Waals surface area contributed by atoms with Crippen LogP contribution in [0.2, 0.25) is 0 Å². The molecule has 21 heavy (non-hydrogen) atoms. The topological polar surface area (TPSA) is 0 Å². The van der Waals surface area contributed by atoms with E-state index in [-0.39, 0.29) is 5.83 Å². The third kappa shape index (κ3) is 3.26. The number of rotatable bonds is 3. The fourth-order valence-electron chi connectivity index (χ4n) is 2.24. The van der Waals surface area contributed by atoms with Gasteiger partial charge in [0.05, 0.1) is 0 Å². The Kier molecular flexibility index (Phi) is 3.92. The van der Waals surface area contributed by atoms with E-state index in [0.29, 0.717) is 5.56 Å². The zero-order chi connectivity index (χ0) is 14.5. The molecule has 0 aliphatic carbocycles. The van der Waals surface area contributed by atoms with E-state index in [2.05, 4.69) is 0 Å². The monoisotopic (exact) mass is 274 g/mol. The summed E-state index contributed by atoms with van der Waals surface area (Å²) >= 11 is 0. The highest BCUT2D eigenvalue weighted by atomic mass is 19.1. The minimum atomic E-state index is -0.229. The average molecular weight is 274 g/mol. The molecule has 0 aliphatic heterocycles. The van der Waals surface area contributed by atoms with Crippen LogP contribution in [-0.2, 0) is 0 Å². The number of hydrogen-bond acceptors (Lipinski definition) is 0. The van der Waals surface area contributed by atoms with Crippen molar-refractivity contribution in [2.75, 3.05) is 0 Å². The van der Waals surface area contributed by atoms with Gasteiger partial charge in [0.15, 0.2) is 0 Å². The first-order chi connectivity index (χ1) is 10.3. The fourth-order valence-corrected chi connectivity index (χ4v) is 2.24. The number of fused-ring (bicyclic) bond motifs is 1. The predicted molar refractivity (Wildman–Crippen MR) is 88.5 cm³/mol. The smallest absolute Gasteiger partial charge is 0.130 e. The van der Waals surface area contributed by atoms with Gasteiger partial charge in [-0.15, -0.1) is 0 Å². The maximum Gasteiger partial charge on any atom is 0.130 e. The minimum absolute atomic E-state index is 0.229. The second-order valence-electron chi connectivity index (χ2n) is 4.85. The molecule has 3 aromatic carbocycles. The summed E-state index contributed by atoms with van der Waals surface area (Å²) in [6.45, 7) is 0. The third-order valence-electron chi connectivity index (χ3n) is 3.36. The first-order valence-electron chi connectivity index (χ1n) is 6.91. The Bertz CT molecular complexity index is 798. The van der Waals surface area contributed by atoms with Crippen LogP contribution in [0.25, 0.3) is 22.7 Å². The molecule has 0 nitrogen and oxygen atoms in total. The maximum atomic E-state index is 14.2. The Balaban J connectivity index is 1.84. The Hall–Kier alpha value is -2.67. The fraction of sp³-hybridized carbons (Fsp3) is 0. The van der Waals surface area contributed by atoms with Gasteiger partial charge in [-0.25, -0.2) is 4.39 Å². The van der Waals surface area contributed by atoms with E-state index in [1.54, 1.807) is 6.08 Å². The molecule has 0 unspecified atom stereocenters. The SMILES string of the molecule is F/C(=C/C=C/c1ccccc1)c1ccc2ccccc2c1. The van der Waals surface area contributed by atoms with E-state index in [1.165, 1.54) is 6.08 Å². The van der Waals surface area contributed by atoms with Crippen molar-refractivity contribution in [2.45, 2.75) is 0 Å². The van der Waals surface area contributed by atoms with Crippen LogP contribution in [0.15, 0.2) is 84.9 Å². The highest BCUT2D eigenvalue weighted by Gasteiger charge is 2.00. The van der Waals surface area contributed by atoms with Gasteiger partial charge in [0, 0.05) is 5.56 Å². The largest absolute Gasteiger partial charge is 0.206 e. The molecule has 0 aromatic heterocycles. The quantitative estimate of drug-likeness (QED) is 0.524. The normalized spacial score (nSPS) is 12.1. The van der Waals surface area contributed by atoms with E-state index in [1.807, 2.05) is 78.9 Å². The van der Waals surface area contributed by atoms with Crippen LogP contribution in [0, 0.1) is 0 Å². The molecule has 0 aliphatic rings. The molecule has 102 valence electrons. The summed E-state index contributed by atoms with van der Waals surface area (Å²) in [6, 6.07) is 23.4. The zero-order valence-electron chi connectivity index (χ0n) is 11.5. The molecule has 3 aromatic rings. The van der Waals surface area contributed by atoms with Gasteiger partial charge in [-0.1, -0.05) is 78.9 Å². The Morgan fingerprint density at radius 3 is 2.29 bits per heavy atom. The van der Waals surface area contributed by atoms with Gasteiger partial charge in [0.1, 0.15) is 5.83 Å². The van der Waals surface area contributed by atoms with Crippen LogP contribution in [0.1, 0.15) is 11.1 Å². The standard InChI is InChI=1S/C20H15F/c21-20(12-6-9-16-7-2-1-3-8-16)19-14-13-17-10-4-5-11-18(17)15-19/h1-15H/b9-6+,20-12+. The van der Waals surface area contributed by atoms with Crippen molar-refractivity contribution >= 4 is 22.7 Å². The summed E-state index contributed by atoms with van der Waals surface area (Å²) in [5, 5.41) is 2.17. The van der Waals surface area contributed by atoms with E-state index < -0.39 is 0 Å². The number of halogens is 1. The molecule has 0 spiro atoms. The lowest BCUT2D eigenvalue weighted by molar-refractivity contribution is 0.760. The molecule has 0 fully saturated rings. The van der Waals surface area contributed by atoms with Crippen LogP contribution in [0.3, 0.4) is 0 Å². The Morgan fingerprint density at radius 1 is 0.762 bits per heavy atom. The third-order valence-corrected chi connectivity index (χ3v) is 3.36. The molecule has 0 bridgehead atoms. The highest BCUT2D eigenvalue weighted by molar-refractivity contribution is 5.85. The average Bonchev–Trinajstić information content (AvgIpc) is 2.55.